The van der Waals surface area contributed by atoms with Gasteiger partial charge in [-0.3, -0.25) is 19.6 Å². The van der Waals surface area contributed by atoms with Gasteiger partial charge in [-0.05, 0) is 68.7 Å². The molecule has 1 aromatic carbocycles. The highest BCUT2D eigenvalue weighted by molar-refractivity contribution is 6.04. The molecule has 3 N–H and O–H groups in total. The van der Waals surface area contributed by atoms with Gasteiger partial charge in [-0.1, -0.05) is 0 Å². The molecule has 0 spiro atoms. The SMILES string of the molecule is Cc1cc(-n2nc(C(=O)O)c(=O)[nH]c2=O)cc(C)c1Cc1ccc2c(n1)C(C)(C)C(=O)N2. The fourth-order valence-corrected chi connectivity index (χ4v) is 3.83. The third-order valence-corrected chi connectivity index (χ3v) is 5.67. The van der Waals surface area contributed by atoms with Crippen molar-refractivity contribution in [3.05, 3.63) is 78.9 Å². The number of nitrogens with one attached hydrogen (secondary N) is 2. The molecule has 3 heterocycles. The van der Waals surface area contributed by atoms with E-state index in [1.807, 2.05) is 44.8 Å². The Bertz CT molecular complexity index is 1390. The lowest BCUT2D eigenvalue weighted by atomic mass is 9.90. The molecule has 0 aliphatic carbocycles. The van der Waals surface area contributed by atoms with Gasteiger partial charge in [-0.25, -0.2) is 9.59 Å². The highest BCUT2D eigenvalue weighted by Gasteiger charge is 2.40. The van der Waals surface area contributed by atoms with Gasteiger partial charge in [0, 0.05) is 12.1 Å². The summed E-state index contributed by atoms with van der Waals surface area (Å²) < 4.78 is 0.863. The molecule has 1 amide bonds. The van der Waals surface area contributed by atoms with E-state index in [1.165, 1.54) is 0 Å². The van der Waals surface area contributed by atoms with Gasteiger partial charge in [0.2, 0.25) is 11.6 Å². The van der Waals surface area contributed by atoms with Crippen LogP contribution in [0, 0.1) is 13.8 Å². The van der Waals surface area contributed by atoms with Crippen LogP contribution in [0.25, 0.3) is 5.69 Å². The number of carboxylic acids is 1. The molecule has 0 unspecified atom stereocenters. The van der Waals surface area contributed by atoms with Crippen molar-refractivity contribution in [2.75, 3.05) is 5.32 Å². The molecule has 164 valence electrons. The Kier molecular flexibility index (Phi) is 4.80. The molecule has 1 aliphatic rings. The standard InChI is InChI=1S/C22H21N5O5/c1-10-7-13(27-21(32)25-18(28)16(26-27)19(29)30)8-11(2)14(10)9-12-5-6-15-17(23-12)22(3,4)20(31)24-15/h5-8H,9H2,1-4H3,(H,24,31)(H,29,30)(H,25,28,32). The molecule has 0 fully saturated rings. The van der Waals surface area contributed by atoms with E-state index < -0.39 is 28.3 Å². The summed E-state index contributed by atoms with van der Waals surface area (Å²) in [4.78, 5) is 54.0. The summed E-state index contributed by atoms with van der Waals surface area (Å²) in [5, 5.41) is 15.7. The largest absolute Gasteiger partial charge is 0.476 e. The second-order valence-electron chi connectivity index (χ2n) is 8.34. The second-order valence-corrected chi connectivity index (χ2v) is 8.34. The van der Waals surface area contributed by atoms with Crippen molar-refractivity contribution < 1.29 is 14.7 Å². The monoisotopic (exact) mass is 435 g/mol. The molecule has 0 saturated carbocycles. The van der Waals surface area contributed by atoms with Gasteiger partial charge in [0.25, 0.3) is 5.56 Å². The van der Waals surface area contributed by atoms with Crippen LogP contribution in [0.1, 0.15) is 52.4 Å². The van der Waals surface area contributed by atoms with Crippen LogP contribution in [0.2, 0.25) is 0 Å². The van der Waals surface area contributed by atoms with Crippen LogP contribution >= 0.6 is 0 Å². The normalized spacial score (nSPS) is 14.2. The molecule has 2 aromatic heterocycles. The first-order valence-corrected chi connectivity index (χ1v) is 9.88. The molecule has 0 atom stereocenters. The van der Waals surface area contributed by atoms with Crippen LogP contribution in [-0.4, -0.2) is 36.7 Å². The molecular formula is C22H21N5O5. The summed E-state index contributed by atoms with van der Waals surface area (Å²) in [5.41, 5.74) is 1.85. The number of anilines is 1. The number of aromatic nitrogens is 4. The molecule has 10 nitrogen and oxygen atoms in total. The Morgan fingerprint density at radius 2 is 1.78 bits per heavy atom. The van der Waals surface area contributed by atoms with E-state index in [1.54, 1.807) is 12.1 Å². The van der Waals surface area contributed by atoms with Gasteiger partial charge in [-0.2, -0.15) is 9.78 Å². The van der Waals surface area contributed by atoms with E-state index in [0.29, 0.717) is 23.5 Å². The van der Waals surface area contributed by atoms with Crippen molar-refractivity contribution in [3.63, 3.8) is 0 Å². The number of benzene rings is 1. The molecule has 4 rings (SSSR count). The van der Waals surface area contributed by atoms with Crippen LogP contribution in [-0.2, 0) is 16.6 Å². The van der Waals surface area contributed by atoms with Crippen LogP contribution in [0.4, 0.5) is 5.69 Å². The predicted octanol–water partition coefficient (Wildman–Crippen LogP) is 1.45. The van der Waals surface area contributed by atoms with E-state index in [4.69, 9.17) is 10.1 Å². The van der Waals surface area contributed by atoms with E-state index >= 15 is 0 Å². The van der Waals surface area contributed by atoms with Gasteiger partial charge in [0.1, 0.15) is 0 Å². The number of carboxylic acid groups (broad SMARTS) is 1. The van der Waals surface area contributed by atoms with Crippen LogP contribution < -0.4 is 16.6 Å². The quantitative estimate of drug-likeness (QED) is 0.562. The average molecular weight is 435 g/mol. The fraction of sp³-hybridized carbons (Fsp3) is 0.273. The number of fused-ring (bicyclic) bond motifs is 1. The maximum Gasteiger partial charge on any atom is 0.362 e. The topological polar surface area (TPSA) is 147 Å². The number of aromatic amines is 1. The third-order valence-electron chi connectivity index (χ3n) is 5.67. The van der Waals surface area contributed by atoms with E-state index in [9.17, 15) is 19.2 Å². The van der Waals surface area contributed by atoms with Gasteiger partial charge in [-0.15, -0.1) is 0 Å². The minimum Gasteiger partial charge on any atom is -0.476 e. The van der Waals surface area contributed by atoms with Gasteiger partial charge in [0.15, 0.2) is 0 Å². The zero-order valence-corrected chi connectivity index (χ0v) is 17.9. The highest BCUT2D eigenvalue weighted by atomic mass is 16.4. The Morgan fingerprint density at radius 1 is 1.12 bits per heavy atom. The number of hydrogen-bond donors (Lipinski definition) is 3. The number of pyridine rings is 1. The van der Waals surface area contributed by atoms with Gasteiger partial charge in [0.05, 0.1) is 22.5 Å². The van der Waals surface area contributed by atoms with Crippen molar-refractivity contribution >= 4 is 17.6 Å². The minimum absolute atomic E-state index is 0.0894. The van der Waals surface area contributed by atoms with E-state index in [0.717, 1.165) is 27.1 Å². The minimum atomic E-state index is -1.52. The number of nitrogens with zero attached hydrogens (tertiary/aromatic N) is 3. The Labute approximate surface area is 182 Å². The first-order chi connectivity index (χ1) is 15.0. The van der Waals surface area contributed by atoms with E-state index in [-0.39, 0.29) is 5.91 Å². The summed E-state index contributed by atoms with van der Waals surface area (Å²) >= 11 is 0. The second kappa shape index (κ2) is 7.26. The van der Waals surface area contributed by atoms with Crippen LogP contribution in [0.15, 0.2) is 33.9 Å². The predicted molar refractivity (Wildman–Crippen MR) is 116 cm³/mol. The Balaban J connectivity index is 1.73. The van der Waals surface area contributed by atoms with E-state index in [2.05, 4.69) is 10.4 Å². The molecule has 0 bridgehead atoms. The summed E-state index contributed by atoms with van der Waals surface area (Å²) in [6, 6.07) is 7.10. The van der Waals surface area contributed by atoms with Crippen molar-refractivity contribution in [1.82, 2.24) is 19.7 Å². The fourth-order valence-electron chi connectivity index (χ4n) is 3.83. The first kappa shape index (κ1) is 21.2. The lowest BCUT2D eigenvalue weighted by Crippen LogP contribution is -2.35. The van der Waals surface area contributed by atoms with Gasteiger partial charge >= 0.3 is 11.7 Å². The summed E-state index contributed by atoms with van der Waals surface area (Å²) in [6.45, 7) is 7.39. The summed E-state index contributed by atoms with van der Waals surface area (Å²) in [7, 11) is 0. The molecule has 10 heteroatoms. The molecular weight excluding hydrogens is 414 g/mol. The maximum atomic E-state index is 12.2. The zero-order valence-electron chi connectivity index (χ0n) is 17.9. The number of aryl methyl sites for hydroxylation is 2. The average Bonchev–Trinajstić information content (AvgIpc) is 2.93. The third kappa shape index (κ3) is 3.39. The molecule has 0 radical (unpaired) electrons. The van der Waals surface area contributed by atoms with Crippen molar-refractivity contribution in [2.45, 2.75) is 39.5 Å². The molecule has 0 saturated heterocycles. The number of hydrogen-bond acceptors (Lipinski definition) is 6. The highest BCUT2D eigenvalue weighted by Crippen LogP contribution is 2.36. The lowest BCUT2D eigenvalue weighted by molar-refractivity contribution is -0.119. The number of rotatable bonds is 4. The van der Waals surface area contributed by atoms with Crippen LogP contribution in [0.5, 0.6) is 0 Å². The van der Waals surface area contributed by atoms with Crippen molar-refractivity contribution in [1.29, 1.82) is 0 Å². The maximum absolute atomic E-state index is 12.2. The number of amides is 1. The first-order valence-electron chi connectivity index (χ1n) is 9.88. The Hall–Kier alpha value is -4.08. The number of aromatic carboxylic acids is 1. The van der Waals surface area contributed by atoms with Crippen molar-refractivity contribution in [3.8, 4) is 5.69 Å². The molecule has 32 heavy (non-hydrogen) atoms. The molecule has 1 aliphatic heterocycles. The number of carbonyl (C=O) groups excluding carboxylic acids is 1. The smallest absolute Gasteiger partial charge is 0.362 e. The summed E-state index contributed by atoms with van der Waals surface area (Å²) in [5.74, 6) is -1.61. The van der Waals surface area contributed by atoms with Gasteiger partial charge < -0.3 is 10.4 Å². The number of H-pyrrole nitrogens is 1. The number of carbonyl (C=O) groups is 2. The zero-order chi connectivity index (χ0) is 23.4. The Morgan fingerprint density at radius 3 is 2.41 bits per heavy atom. The summed E-state index contributed by atoms with van der Waals surface area (Å²) in [6.07, 6.45) is 0.504. The van der Waals surface area contributed by atoms with Crippen molar-refractivity contribution in [2.24, 2.45) is 0 Å². The van der Waals surface area contributed by atoms with Crippen LogP contribution in [0.3, 0.4) is 0 Å². The lowest BCUT2D eigenvalue weighted by Gasteiger charge is -2.16. The molecule has 3 aromatic rings.